The second-order valence-electron chi connectivity index (χ2n) is 4.54. The van der Waals surface area contributed by atoms with E-state index in [1.807, 2.05) is 26.0 Å². The van der Waals surface area contributed by atoms with Gasteiger partial charge in [0.05, 0.1) is 18.4 Å². The second kappa shape index (κ2) is 5.23. The van der Waals surface area contributed by atoms with Gasteiger partial charge in [0.1, 0.15) is 6.10 Å². The molecule has 4 nitrogen and oxygen atoms in total. The van der Waals surface area contributed by atoms with E-state index >= 15 is 0 Å². The normalized spacial score (nSPS) is 12.5. The third kappa shape index (κ3) is 2.46. The van der Waals surface area contributed by atoms with Crippen molar-refractivity contribution in [2.24, 2.45) is 7.05 Å². The summed E-state index contributed by atoms with van der Waals surface area (Å²) in [6.45, 7) is 3.77. The van der Waals surface area contributed by atoms with Crippen molar-refractivity contribution in [3.63, 3.8) is 0 Å². The molecule has 19 heavy (non-hydrogen) atoms. The van der Waals surface area contributed by atoms with E-state index < -0.39 is 6.10 Å². The molecular formula is C14H17ClN2O2. The smallest absolute Gasteiger partial charge is 0.217 e. The molecule has 1 aromatic carbocycles. The first kappa shape index (κ1) is 13.9. The zero-order valence-corrected chi connectivity index (χ0v) is 12.2. The van der Waals surface area contributed by atoms with Crippen LogP contribution in [-0.4, -0.2) is 22.0 Å². The van der Waals surface area contributed by atoms with Crippen molar-refractivity contribution in [3.05, 3.63) is 45.6 Å². The van der Waals surface area contributed by atoms with E-state index in [1.165, 1.54) is 0 Å². The summed E-state index contributed by atoms with van der Waals surface area (Å²) in [4.78, 5) is 0. The van der Waals surface area contributed by atoms with Gasteiger partial charge < -0.3 is 9.84 Å². The monoisotopic (exact) mass is 280 g/mol. The van der Waals surface area contributed by atoms with Gasteiger partial charge in [-0.2, -0.15) is 5.10 Å². The Morgan fingerprint density at radius 2 is 2.05 bits per heavy atom. The number of ether oxygens (including phenoxy) is 1. The number of aliphatic hydroxyl groups excluding tert-OH is 1. The molecule has 0 radical (unpaired) electrons. The Balaban J connectivity index is 2.49. The number of methoxy groups -OCH3 is 1. The van der Waals surface area contributed by atoms with Gasteiger partial charge in [0.25, 0.3) is 0 Å². The number of halogens is 1. The minimum Gasteiger partial charge on any atom is -0.481 e. The first-order valence-corrected chi connectivity index (χ1v) is 6.35. The fourth-order valence-corrected chi connectivity index (χ4v) is 2.35. The molecule has 0 fully saturated rings. The molecule has 0 saturated carbocycles. The lowest BCUT2D eigenvalue weighted by Crippen LogP contribution is -2.04. The Bertz CT molecular complexity index is 608. The molecule has 1 aromatic heterocycles. The van der Waals surface area contributed by atoms with E-state index in [9.17, 15) is 5.11 Å². The molecule has 2 rings (SSSR count). The molecule has 1 N–H and O–H groups in total. The van der Waals surface area contributed by atoms with Crippen molar-refractivity contribution in [3.8, 4) is 5.88 Å². The van der Waals surface area contributed by atoms with Gasteiger partial charge in [0.2, 0.25) is 5.88 Å². The maximum atomic E-state index is 10.5. The number of aliphatic hydroxyl groups is 1. The van der Waals surface area contributed by atoms with Gasteiger partial charge in [-0.15, -0.1) is 0 Å². The molecule has 0 aliphatic heterocycles. The standard InChI is InChI=1S/C14H17ClN2O2/c1-8-5-6-10(7-11(8)15)13(18)12-9(2)16-17(3)14(12)19-4/h5-7,13,18H,1-4H3. The summed E-state index contributed by atoms with van der Waals surface area (Å²) in [7, 11) is 3.35. The highest BCUT2D eigenvalue weighted by molar-refractivity contribution is 6.31. The largest absolute Gasteiger partial charge is 0.481 e. The van der Waals surface area contributed by atoms with Crippen LogP contribution in [0.1, 0.15) is 28.5 Å². The number of benzene rings is 1. The van der Waals surface area contributed by atoms with Crippen LogP contribution < -0.4 is 4.74 Å². The summed E-state index contributed by atoms with van der Waals surface area (Å²) in [5.74, 6) is 0.557. The lowest BCUT2D eigenvalue weighted by atomic mass is 10.0. The van der Waals surface area contributed by atoms with Crippen LogP contribution in [0.3, 0.4) is 0 Å². The third-order valence-corrected chi connectivity index (χ3v) is 3.60. The van der Waals surface area contributed by atoms with Crippen molar-refractivity contribution < 1.29 is 9.84 Å². The minimum absolute atomic E-state index is 0.557. The molecule has 1 heterocycles. The van der Waals surface area contributed by atoms with E-state index in [4.69, 9.17) is 16.3 Å². The van der Waals surface area contributed by atoms with Crippen LogP contribution in [0.4, 0.5) is 0 Å². The Labute approximate surface area is 117 Å². The van der Waals surface area contributed by atoms with E-state index in [0.717, 1.165) is 16.8 Å². The van der Waals surface area contributed by atoms with Gasteiger partial charge in [-0.25, -0.2) is 4.68 Å². The molecule has 0 amide bonds. The molecule has 0 bridgehead atoms. The van der Waals surface area contributed by atoms with Crippen LogP contribution >= 0.6 is 11.6 Å². The van der Waals surface area contributed by atoms with Crippen LogP contribution in [0.15, 0.2) is 18.2 Å². The van der Waals surface area contributed by atoms with Crippen molar-refractivity contribution in [1.82, 2.24) is 9.78 Å². The van der Waals surface area contributed by atoms with E-state index in [-0.39, 0.29) is 0 Å². The second-order valence-corrected chi connectivity index (χ2v) is 4.95. The summed E-state index contributed by atoms with van der Waals surface area (Å²) < 4.78 is 6.92. The fourth-order valence-electron chi connectivity index (χ4n) is 2.16. The molecule has 0 spiro atoms. The van der Waals surface area contributed by atoms with E-state index in [2.05, 4.69) is 5.10 Å². The molecular weight excluding hydrogens is 264 g/mol. The van der Waals surface area contributed by atoms with Crippen LogP contribution in [0.2, 0.25) is 5.02 Å². The first-order valence-electron chi connectivity index (χ1n) is 5.97. The van der Waals surface area contributed by atoms with Crippen molar-refractivity contribution >= 4 is 11.6 Å². The van der Waals surface area contributed by atoms with Gasteiger partial charge in [0.15, 0.2) is 0 Å². The lowest BCUT2D eigenvalue weighted by Gasteiger charge is -2.13. The predicted molar refractivity (Wildman–Crippen MR) is 74.7 cm³/mol. The zero-order chi connectivity index (χ0) is 14.2. The highest BCUT2D eigenvalue weighted by Crippen LogP contribution is 2.33. The topological polar surface area (TPSA) is 47.3 Å². The van der Waals surface area contributed by atoms with Crippen LogP contribution in [0, 0.1) is 13.8 Å². The van der Waals surface area contributed by atoms with E-state index in [0.29, 0.717) is 16.5 Å². The Kier molecular flexibility index (Phi) is 3.83. The van der Waals surface area contributed by atoms with Crippen molar-refractivity contribution in [2.75, 3.05) is 7.11 Å². The Hall–Kier alpha value is -1.52. The quantitative estimate of drug-likeness (QED) is 0.940. The molecule has 1 unspecified atom stereocenters. The molecule has 0 aliphatic rings. The summed E-state index contributed by atoms with van der Waals surface area (Å²) in [6, 6.07) is 5.52. The van der Waals surface area contributed by atoms with Crippen molar-refractivity contribution in [2.45, 2.75) is 20.0 Å². The van der Waals surface area contributed by atoms with Gasteiger partial charge in [-0.1, -0.05) is 23.7 Å². The van der Waals surface area contributed by atoms with E-state index in [1.54, 1.807) is 24.9 Å². The molecule has 2 aromatic rings. The van der Waals surface area contributed by atoms with Gasteiger partial charge in [0, 0.05) is 12.1 Å². The van der Waals surface area contributed by atoms with Crippen LogP contribution in [0.5, 0.6) is 5.88 Å². The molecule has 1 atom stereocenters. The zero-order valence-electron chi connectivity index (χ0n) is 11.4. The highest BCUT2D eigenvalue weighted by Gasteiger charge is 2.23. The van der Waals surface area contributed by atoms with Gasteiger partial charge in [-0.05, 0) is 31.0 Å². The van der Waals surface area contributed by atoms with Gasteiger partial charge >= 0.3 is 0 Å². The predicted octanol–water partition coefficient (Wildman–Crippen LogP) is 2.78. The Morgan fingerprint density at radius 1 is 1.37 bits per heavy atom. The fraction of sp³-hybridized carbons (Fsp3) is 0.357. The summed E-state index contributed by atoms with van der Waals surface area (Å²) >= 11 is 6.10. The number of nitrogens with zero attached hydrogens (tertiary/aromatic N) is 2. The number of rotatable bonds is 3. The van der Waals surface area contributed by atoms with Gasteiger partial charge in [-0.3, -0.25) is 0 Å². The SMILES string of the molecule is COc1c(C(O)c2ccc(C)c(Cl)c2)c(C)nn1C. The maximum Gasteiger partial charge on any atom is 0.217 e. The average molecular weight is 281 g/mol. The summed E-state index contributed by atoms with van der Waals surface area (Å²) in [6.07, 6.45) is -0.804. The number of hydrogen-bond acceptors (Lipinski definition) is 3. The molecule has 5 heteroatoms. The summed E-state index contributed by atoms with van der Waals surface area (Å²) in [5, 5.41) is 15.4. The number of aryl methyl sites for hydroxylation is 3. The number of aromatic nitrogens is 2. The molecule has 0 aliphatic carbocycles. The third-order valence-electron chi connectivity index (χ3n) is 3.19. The van der Waals surface area contributed by atoms with Crippen LogP contribution in [-0.2, 0) is 7.05 Å². The lowest BCUT2D eigenvalue weighted by molar-refractivity contribution is 0.213. The highest BCUT2D eigenvalue weighted by atomic mass is 35.5. The first-order chi connectivity index (χ1) is 8.95. The Morgan fingerprint density at radius 3 is 2.63 bits per heavy atom. The average Bonchev–Trinajstić information content (AvgIpc) is 2.66. The number of hydrogen-bond donors (Lipinski definition) is 1. The maximum absolute atomic E-state index is 10.5. The van der Waals surface area contributed by atoms with Crippen LogP contribution in [0.25, 0.3) is 0 Å². The summed E-state index contributed by atoms with van der Waals surface area (Å²) in [5.41, 5.74) is 3.12. The minimum atomic E-state index is -0.804. The molecule has 0 saturated heterocycles. The van der Waals surface area contributed by atoms with Crippen molar-refractivity contribution in [1.29, 1.82) is 0 Å². The molecule has 102 valence electrons.